The molecule has 0 aromatic heterocycles. The van der Waals surface area contributed by atoms with Gasteiger partial charge in [0.25, 0.3) is 0 Å². The molecule has 0 saturated carbocycles. The highest BCUT2D eigenvalue weighted by molar-refractivity contribution is 8.00. The van der Waals surface area contributed by atoms with E-state index in [1.807, 2.05) is 0 Å². The summed E-state index contributed by atoms with van der Waals surface area (Å²) in [5.41, 5.74) is -0.276. The lowest BCUT2D eigenvalue weighted by Crippen LogP contribution is -2.14. The summed E-state index contributed by atoms with van der Waals surface area (Å²) in [6.45, 7) is 0. The van der Waals surface area contributed by atoms with Crippen LogP contribution >= 0.6 is 35.0 Å². The van der Waals surface area contributed by atoms with Gasteiger partial charge in [-0.3, -0.25) is 4.79 Å². The van der Waals surface area contributed by atoms with Gasteiger partial charge in [-0.05, 0) is 36.4 Å². The number of hydrogen-bond donors (Lipinski definition) is 1. The van der Waals surface area contributed by atoms with Crippen molar-refractivity contribution < 1.29 is 18.0 Å². The fourth-order valence-electron chi connectivity index (χ4n) is 1.68. The maximum absolute atomic E-state index is 12.6. The number of anilines is 1. The highest BCUT2D eigenvalue weighted by atomic mass is 35.5. The smallest absolute Gasteiger partial charge is 0.325 e. The van der Waals surface area contributed by atoms with Crippen LogP contribution in [-0.2, 0) is 11.0 Å². The van der Waals surface area contributed by atoms with Crippen molar-refractivity contribution in [3.63, 3.8) is 0 Å². The van der Waals surface area contributed by atoms with Gasteiger partial charge in [-0.15, -0.1) is 11.8 Å². The first kappa shape index (κ1) is 18.0. The van der Waals surface area contributed by atoms with E-state index in [9.17, 15) is 18.0 Å². The van der Waals surface area contributed by atoms with Crippen LogP contribution in [0, 0.1) is 0 Å². The number of halogens is 5. The van der Waals surface area contributed by atoms with E-state index in [0.29, 0.717) is 20.6 Å². The van der Waals surface area contributed by atoms with Crippen molar-refractivity contribution in [3.8, 4) is 0 Å². The lowest BCUT2D eigenvalue weighted by atomic mass is 10.2. The monoisotopic (exact) mass is 379 g/mol. The largest absolute Gasteiger partial charge is 0.416 e. The van der Waals surface area contributed by atoms with Gasteiger partial charge in [0, 0.05) is 10.6 Å². The predicted octanol–water partition coefficient (Wildman–Crippen LogP) is 5.74. The summed E-state index contributed by atoms with van der Waals surface area (Å²) in [4.78, 5) is 12.2. The molecule has 0 aliphatic carbocycles. The third kappa shape index (κ3) is 5.34. The number of thioether (sulfide) groups is 1. The van der Waals surface area contributed by atoms with E-state index in [1.165, 1.54) is 18.2 Å². The highest BCUT2D eigenvalue weighted by Gasteiger charge is 2.30. The molecule has 0 atom stereocenters. The van der Waals surface area contributed by atoms with E-state index >= 15 is 0 Å². The molecule has 0 fully saturated rings. The zero-order chi connectivity index (χ0) is 17.0. The lowest BCUT2D eigenvalue weighted by molar-refractivity contribution is -0.137. The summed E-state index contributed by atoms with van der Waals surface area (Å²) < 4.78 is 37.8. The van der Waals surface area contributed by atoms with E-state index in [-0.39, 0.29) is 11.7 Å². The summed E-state index contributed by atoms with van der Waals surface area (Å²) in [6.07, 6.45) is -4.40. The van der Waals surface area contributed by atoms with Crippen LogP contribution < -0.4 is 5.32 Å². The molecular formula is C15H10Cl2F3NOS. The molecule has 8 heteroatoms. The third-order valence-corrected chi connectivity index (χ3v) is 4.47. The standard InChI is InChI=1S/C15H10Cl2F3NOS/c16-12-5-4-10(7-13(12)17)21-14(22)8-23-11-3-1-2-9(6-11)15(18,19)20/h1-7H,8H2,(H,21,22). The molecule has 2 aromatic rings. The van der Waals surface area contributed by atoms with E-state index in [0.717, 1.165) is 23.9 Å². The normalized spacial score (nSPS) is 11.3. The quantitative estimate of drug-likeness (QED) is 0.685. The summed E-state index contributed by atoms with van der Waals surface area (Å²) in [6, 6.07) is 9.45. The van der Waals surface area contributed by atoms with Gasteiger partial charge >= 0.3 is 6.18 Å². The summed E-state index contributed by atoms with van der Waals surface area (Å²) in [5.74, 6) is -0.382. The zero-order valence-electron chi connectivity index (χ0n) is 11.5. The second-order valence-electron chi connectivity index (χ2n) is 4.49. The predicted molar refractivity (Wildman–Crippen MR) is 87.3 cm³/mol. The SMILES string of the molecule is O=C(CSc1cccc(C(F)(F)F)c1)Nc1ccc(Cl)c(Cl)c1. The first-order valence-corrected chi connectivity index (χ1v) is 8.05. The molecule has 122 valence electrons. The molecule has 0 spiro atoms. The molecule has 23 heavy (non-hydrogen) atoms. The number of amides is 1. The van der Waals surface area contributed by atoms with Crippen LogP contribution in [0.1, 0.15) is 5.56 Å². The Bertz CT molecular complexity index is 722. The fraction of sp³-hybridized carbons (Fsp3) is 0.133. The van der Waals surface area contributed by atoms with E-state index < -0.39 is 11.7 Å². The second-order valence-corrected chi connectivity index (χ2v) is 6.35. The van der Waals surface area contributed by atoms with Gasteiger partial charge in [0.05, 0.1) is 21.4 Å². The van der Waals surface area contributed by atoms with Crippen LogP contribution in [0.4, 0.5) is 18.9 Å². The van der Waals surface area contributed by atoms with Gasteiger partial charge in [-0.1, -0.05) is 29.3 Å². The molecule has 0 radical (unpaired) electrons. The Labute approximate surface area is 145 Å². The molecule has 0 aliphatic heterocycles. The Balaban J connectivity index is 1.95. The molecular weight excluding hydrogens is 370 g/mol. The number of rotatable bonds is 4. The van der Waals surface area contributed by atoms with Crippen LogP contribution in [0.15, 0.2) is 47.4 Å². The summed E-state index contributed by atoms with van der Waals surface area (Å²) >= 11 is 12.6. The van der Waals surface area contributed by atoms with Crippen LogP contribution in [-0.4, -0.2) is 11.7 Å². The second kappa shape index (κ2) is 7.47. The number of carbonyl (C=O) groups excluding carboxylic acids is 1. The number of benzene rings is 2. The van der Waals surface area contributed by atoms with Crippen molar-refractivity contribution in [2.24, 2.45) is 0 Å². The van der Waals surface area contributed by atoms with Gasteiger partial charge in [0.15, 0.2) is 0 Å². The Morgan fingerprint density at radius 2 is 1.83 bits per heavy atom. The Kier molecular flexibility index (Phi) is 5.84. The van der Waals surface area contributed by atoms with Gasteiger partial charge in [0.2, 0.25) is 5.91 Å². The number of carbonyl (C=O) groups is 1. The average molecular weight is 380 g/mol. The van der Waals surface area contributed by atoms with Crippen LogP contribution in [0.5, 0.6) is 0 Å². The average Bonchev–Trinajstić information content (AvgIpc) is 2.48. The Morgan fingerprint density at radius 3 is 2.48 bits per heavy atom. The van der Waals surface area contributed by atoms with Crippen molar-refractivity contribution in [2.75, 3.05) is 11.1 Å². The van der Waals surface area contributed by atoms with E-state index in [1.54, 1.807) is 12.1 Å². The lowest BCUT2D eigenvalue weighted by Gasteiger charge is -2.09. The third-order valence-electron chi connectivity index (χ3n) is 2.73. The maximum Gasteiger partial charge on any atom is 0.416 e. The molecule has 0 bridgehead atoms. The summed E-state index contributed by atoms with van der Waals surface area (Å²) in [7, 11) is 0. The van der Waals surface area contributed by atoms with Crippen molar-refractivity contribution in [2.45, 2.75) is 11.1 Å². The van der Waals surface area contributed by atoms with Crippen LogP contribution in [0.3, 0.4) is 0 Å². The van der Waals surface area contributed by atoms with Gasteiger partial charge in [-0.25, -0.2) is 0 Å². The maximum atomic E-state index is 12.6. The first-order chi connectivity index (χ1) is 10.8. The molecule has 0 saturated heterocycles. The molecule has 2 aromatic carbocycles. The van der Waals surface area contributed by atoms with Crippen molar-refractivity contribution in [3.05, 3.63) is 58.1 Å². The molecule has 0 aliphatic rings. The first-order valence-electron chi connectivity index (χ1n) is 6.30. The van der Waals surface area contributed by atoms with Crippen molar-refractivity contribution in [1.29, 1.82) is 0 Å². The molecule has 0 heterocycles. The molecule has 1 amide bonds. The minimum absolute atomic E-state index is 0.0262. The van der Waals surface area contributed by atoms with Gasteiger partial charge < -0.3 is 5.32 Å². The minimum atomic E-state index is -4.40. The minimum Gasteiger partial charge on any atom is -0.325 e. The Morgan fingerprint density at radius 1 is 1.09 bits per heavy atom. The molecule has 2 rings (SSSR count). The summed E-state index contributed by atoms with van der Waals surface area (Å²) in [5, 5.41) is 3.26. The van der Waals surface area contributed by atoms with Crippen LogP contribution in [0.2, 0.25) is 10.0 Å². The highest BCUT2D eigenvalue weighted by Crippen LogP contribution is 2.32. The van der Waals surface area contributed by atoms with Gasteiger partial charge in [-0.2, -0.15) is 13.2 Å². The number of hydrogen-bond acceptors (Lipinski definition) is 2. The zero-order valence-corrected chi connectivity index (χ0v) is 13.8. The number of alkyl halides is 3. The van der Waals surface area contributed by atoms with Gasteiger partial charge in [0.1, 0.15) is 0 Å². The molecule has 1 N–H and O–H groups in total. The number of nitrogens with one attached hydrogen (secondary N) is 1. The fourth-order valence-corrected chi connectivity index (χ4v) is 2.74. The van der Waals surface area contributed by atoms with E-state index in [2.05, 4.69) is 5.32 Å². The molecule has 0 unspecified atom stereocenters. The topological polar surface area (TPSA) is 29.1 Å². The van der Waals surface area contributed by atoms with Crippen molar-refractivity contribution >= 4 is 46.6 Å². The molecule has 2 nitrogen and oxygen atoms in total. The Hall–Kier alpha value is -1.37. The van der Waals surface area contributed by atoms with Crippen LogP contribution in [0.25, 0.3) is 0 Å². The van der Waals surface area contributed by atoms with Crippen molar-refractivity contribution in [1.82, 2.24) is 0 Å². The van der Waals surface area contributed by atoms with E-state index in [4.69, 9.17) is 23.2 Å².